The zero-order valence-corrected chi connectivity index (χ0v) is 19.5. The van der Waals surface area contributed by atoms with Gasteiger partial charge in [0.2, 0.25) is 11.8 Å². The first-order valence-corrected chi connectivity index (χ1v) is 12.1. The van der Waals surface area contributed by atoms with Crippen molar-refractivity contribution in [2.45, 2.75) is 82.2 Å². The maximum Gasteiger partial charge on any atom is 0.255 e. The van der Waals surface area contributed by atoms with Gasteiger partial charge in [0.1, 0.15) is 17.9 Å². The topological polar surface area (TPSA) is 88.2 Å². The highest BCUT2D eigenvalue weighted by Crippen LogP contribution is 2.35. The first-order valence-electron chi connectivity index (χ1n) is 12.1. The van der Waals surface area contributed by atoms with Gasteiger partial charge in [-0.2, -0.15) is 0 Å². The second-order valence-corrected chi connectivity index (χ2v) is 10.1. The maximum atomic E-state index is 12.9. The van der Waals surface area contributed by atoms with Crippen LogP contribution in [0.1, 0.15) is 67.8 Å². The molecule has 8 heteroatoms. The Morgan fingerprint density at radius 2 is 1.88 bits per heavy atom. The first kappa shape index (κ1) is 22.3. The molecule has 0 aromatic heterocycles. The number of benzene rings is 1. The Bertz CT molecular complexity index is 955. The van der Waals surface area contributed by atoms with E-state index >= 15 is 0 Å². The third-order valence-electron chi connectivity index (χ3n) is 8.02. The molecule has 0 bridgehead atoms. The lowest BCUT2D eigenvalue weighted by Crippen LogP contribution is -2.52. The number of likely N-dealkylation sites (tertiary alicyclic amines) is 1. The van der Waals surface area contributed by atoms with Crippen molar-refractivity contribution in [3.63, 3.8) is 0 Å². The summed E-state index contributed by atoms with van der Waals surface area (Å²) in [5.41, 5.74) is 1.47. The standard InChI is InChI=1S/C25H33N3O5/c1-25(32-2)10-12-27(13-11-25)19-4-3-5-21(19)33-17-6-7-18-16(14-17)15-28(24(18)31)20-8-9-22(29)26-23(20)30/h6-7,14,19-21H,3-5,8-13,15H2,1-2H3,(H,26,29,30)/t19-,20?,21-/m0/s1. The summed E-state index contributed by atoms with van der Waals surface area (Å²) >= 11 is 0. The van der Waals surface area contributed by atoms with Gasteiger partial charge in [-0.05, 0) is 69.2 Å². The number of ether oxygens (including phenoxy) is 2. The minimum Gasteiger partial charge on any atom is -0.489 e. The molecule has 1 aromatic carbocycles. The van der Waals surface area contributed by atoms with Crippen molar-refractivity contribution in [3.8, 4) is 5.75 Å². The van der Waals surface area contributed by atoms with Crippen LogP contribution in [0.4, 0.5) is 0 Å². The predicted octanol–water partition coefficient (Wildman–Crippen LogP) is 2.25. The van der Waals surface area contributed by atoms with Crippen LogP contribution in [-0.2, 0) is 20.9 Å². The minimum atomic E-state index is -0.594. The van der Waals surface area contributed by atoms with Gasteiger partial charge < -0.3 is 14.4 Å². The molecule has 2 saturated heterocycles. The molecule has 3 fully saturated rings. The summed E-state index contributed by atoms with van der Waals surface area (Å²) in [5, 5.41) is 2.35. The third kappa shape index (κ3) is 4.26. The fourth-order valence-corrected chi connectivity index (χ4v) is 5.79. The van der Waals surface area contributed by atoms with Gasteiger partial charge in [-0.25, -0.2) is 0 Å². The summed E-state index contributed by atoms with van der Waals surface area (Å²) in [6.07, 6.45) is 6.15. The van der Waals surface area contributed by atoms with E-state index in [0.717, 1.165) is 56.5 Å². The maximum absolute atomic E-state index is 12.9. The Kier molecular flexibility index (Phi) is 5.91. The normalized spacial score (nSPS) is 29.8. The lowest BCUT2D eigenvalue weighted by atomic mass is 9.92. The molecule has 8 nitrogen and oxygen atoms in total. The molecule has 1 N–H and O–H groups in total. The number of piperidine rings is 2. The zero-order valence-electron chi connectivity index (χ0n) is 19.5. The predicted molar refractivity (Wildman–Crippen MR) is 121 cm³/mol. The molecule has 1 saturated carbocycles. The van der Waals surface area contributed by atoms with Crippen LogP contribution >= 0.6 is 0 Å². The van der Waals surface area contributed by atoms with Gasteiger partial charge in [-0.15, -0.1) is 0 Å². The number of methoxy groups -OCH3 is 1. The van der Waals surface area contributed by atoms with Crippen LogP contribution in [0, 0.1) is 0 Å². The van der Waals surface area contributed by atoms with Crippen molar-refractivity contribution < 1.29 is 23.9 Å². The van der Waals surface area contributed by atoms with Crippen LogP contribution in [0.2, 0.25) is 0 Å². The van der Waals surface area contributed by atoms with Crippen LogP contribution in [0.15, 0.2) is 18.2 Å². The lowest BCUT2D eigenvalue weighted by Gasteiger charge is -2.42. The second kappa shape index (κ2) is 8.72. The molecule has 178 valence electrons. The van der Waals surface area contributed by atoms with Crippen molar-refractivity contribution in [1.29, 1.82) is 0 Å². The fraction of sp³-hybridized carbons (Fsp3) is 0.640. The Hall–Kier alpha value is -2.45. The lowest BCUT2D eigenvalue weighted by molar-refractivity contribution is -0.136. The molecule has 0 spiro atoms. The number of nitrogens with one attached hydrogen (secondary N) is 1. The van der Waals surface area contributed by atoms with E-state index in [1.165, 1.54) is 0 Å². The van der Waals surface area contributed by atoms with Gasteiger partial charge in [-0.3, -0.25) is 24.6 Å². The Morgan fingerprint density at radius 3 is 2.61 bits per heavy atom. The number of hydrogen-bond acceptors (Lipinski definition) is 6. The van der Waals surface area contributed by atoms with Gasteiger partial charge in [-0.1, -0.05) is 0 Å². The summed E-state index contributed by atoms with van der Waals surface area (Å²) in [7, 11) is 1.80. The Morgan fingerprint density at radius 1 is 1.09 bits per heavy atom. The SMILES string of the molecule is COC1(C)CCN([C@H]2CCC[C@@H]2Oc2ccc3c(c2)CN(C2CCC(=O)NC2=O)C3=O)CC1. The van der Waals surface area contributed by atoms with E-state index in [-0.39, 0.29) is 35.8 Å². The molecule has 33 heavy (non-hydrogen) atoms. The smallest absolute Gasteiger partial charge is 0.255 e. The molecule has 3 heterocycles. The van der Waals surface area contributed by atoms with Crippen molar-refractivity contribution in [2.75, 3.05) is 20.2 Å². The average Bonchev–Trinajstić information content (AvgIpc) is 3.39. The van der Waals surface area contributed by atoms with E-state index < -0.39 is 6.04 Å². The van der Waals surface area contributed by atoms with E-state index in [1.54, 1.807) is 12.0 Å². The molecule has 1 aliphatic carbocycles. The van der Waals surface area contributed by atoms with Gasteiger partial charge in [0, 0.05) is 44.8 Å². The summed E-state index contributed by atoms with van der Waals surface area (Å²) in [5.74, 6) is -0.0341. The van der Waals surface area contributed by atoms with E-state index in [2.05, 4.69) is 17.1 Å². The van der Waals surface area contributed by atoms with E-state index in [4.69, 9.17) is 9.47 Å². The van der Waals surface area contributed by atoms with Gasteiger partial charge in [0.15, 0.2) is 0 Å². The van der Waals surface area contributed by atoms with Gasteiger partial charge >= 0.3 is 0 Å². The monoisotopic (exact) mass is 455 g/mol. The molecular formula is C25H33N3O5. The van der Waals surface area contributed by atoms with Crippen LogP contribution in [0.5, 0.6) is 5.75 Å². The number of hydrogen-bond donors (Lipinski definition) is 1. The zero-order chi connectivity index (χ0) is 23.2. The first-order chi connectivity index (χ1) is 15.9. The Labute approximate surface area is 194 Å². The molecule has 3 aliphatic heterocycles. The number of carbonyl (C=O) groups is 3. The quantitative estimate of drug-likeness (QED) is 0.686. The number of rotatable bonds is 5. The molecule has 1 aromatic rings. The number of carbonyl (C=O) groups excluding carboxylic acids is 3. The van der Waals surface area contributed by atoms with E-state index in [0.29, 0.717) is 24.6 Å². The van der Waals surface area contributed by atoms with Crippen LogP contribution in [-0.4, -0.2) is 71.5 Å². The third-order valence-corrected chi connectivity index (χ3v) is 8.02. The molecule has 3 atom stereocenters. The highest BCUT2D eigenvalue weighted by molar-refractivity contribution is 6.05. The minimum absolute atomic E-state index is 0.0215. The Balaban J connectivity index is 1.25. The van der Waals surface area contributed by atoms with Crippen LogP contribution < -0.4 is 10.1 Å². The highest BCUT2D eigenvalue weighted by atomic mass is 16.5. The second-order valence-electron chi connectivity index (χ2n) is 10.1. The molecular weight excluding hydrogens is 422 g/mol. The number of imide groups is 1. The summed E-state index contributed by atoms with van der Waals surface area (Å²) < 4.78 is 12.2. The highest BCUT2D eigenvalue weighted by Gasteiger charge is 2.41. The van der Waals surface area contributed by atoms with E-state index in [1.807, 2.05) is 18.2 Å². The van der Waals surface area contributed by atoms with Crippen molar-refractivity contribution >= 4 is 17.7 Å². The van der Waals surface area contributed by atoms with Crippen molar-refractivity contribution in [3.05, 3.63) is 29.3 Å². The van der Waals surface area contributed by atoms with Gasteiger partial charge in [0.05, 0.1) is 5.60 Å². The molecule has 1 unspecified atom stereocenters. The average molecular weight is 456 g/mol. The van der Waals surface area contributed by atoms with Crippen LogP contribution in [0.25, 0.3) is 0 Å². The number of nitrogens with zero attached hydrogens (tertiary/aromatic N) is 2. The summed E-state index contributed by atoms with van der Waals surface area (Å²) in [4.78, 5) is 40.8. The molecule has 5 rings (SSSR count). The van der Waals surface area contributed by atoms with Crippen molar-refractivity contribution in [2.24, 2.45) is 0 Å². The van der Waals surface area contributed by atoms with Crippen molar-refractivity contribution in [1.82, 2.24) is 15.1 Å². The largest absolute Gasteiger partial charge is 0.489 e. The van der Waals surface area contributed by atoms with Crippen LogP contribution in [0.3, 0.4) is 0 Å². The fourth-order valence-electron chi connectivity index (χ4n) is 5.79. The molecule has 0 radical (unpaired) electrons. The number of amides is 3. The molecule has 4 aliphatic rings. The summed E-state index contributed by atoms with van der Waals surface area (Å²) in [6, 6.07) is 5.45. The summed E-state index contributed by atoms with van der Waals surface area (Å²) in [6.45, 7) is 4.60. The number of fused-ring (bicyclic) bond motifs is 1. The molecule has 3 amide bonds. The van der Waals surface area contributed by atoms with Gasteiger partial charge in [0.25, 0.3) is 5.91 Å². The van der Waals surface area contributed by atoms with E-state index in [9.17, 15) is 14.4 Å².